The Hall–Kier alpha value is -4.47. The van der Waals surface area contributed by atoms with E-state index in [0.717, 1.165) is 48.5 Å². The molecule has 0 aromatic rings. The van der Waals surface area contributed by atoms with Gasteiger partial charge in [0.25, 0.3) is 0 Å². The minimum Gasteiger partial charge on any atom is -0.721 e. The van der Waals surface area contributed by atoms with E-state index in [4.69, 9.17) is 0 Å². The maximum absolute atomic E-state index is 12.3. The van der Waals surface area contributed by atoms with Crippen LogP contribution in [0.1, 0.15) is 95.9 Å². The van der Waals surface area contributed by atoms with Crippen molar-refractivity contribution in [1.29, 1.82) is 0 Å². The van der Waals surface area contributed by atoms with Crippen LogP contribution in [0.15, 0.2) is 165 Å². The molecule has 1 radical (unpaired) electrons. The fourth-order valence-electron chi connectivity index (χ4n) is 5.94. The van der Waals surface area contributed by atoms with Crippen LogP contribution in [0.4, 0.5) is 26.3 Å². The topological polar surface area (TPSA) is 56.4 Å². The third-order valence-corrected chi connectivity index (χ3v) is 9.90. The van der Waals surface area contributed by atoms with Gasteiger partial charge >= 0.3 is 12.4 Å². The van der Waals surface area contributed by atoms with E-state index in [2.05, 4.69) is 165 Å². The van der Waals surface area contributed by atoms with Crippen molar-refractivity contribution in [3.05, 3.63) is 199 Å². The van der Waals surface area contributed by atoms with Crippen molar-refractivity contribution in [2.45, 2.75) is 108 Å². The molecule has 333 valence electrons. The number of hydrogen-bond donors (Lipinski definition) is 0. The molecule has 61 heavy (non-hydrogen) atoms. The van der Waals surface area contributed by atoms with Gasteiger partial charge in [-0.15, -0.1) is 35.5 Å². The predicted octanol–water partition coefficient (Wildman–Crippen LogP) is 16.7. The van der Waals surface area contributed by atoms with Gasteiger partial charge in [-0.25, -0.2) is 11.4 Å². The van der Waals surface area contributed by atoms with Gasteiger partial charge in [0.1, 0.15) is 0 Å². The first-order valence-electron chi connectivity index (χ1n) is 19.9. The molecule has 0 amide bonds. The Labute approximate surface area is 373 Å². The molecule has 0 N–H and O–H groups in total. The molecular formula is C50H56F6IrN4-6. The Balaban J connectivity index is 0.000000242. The summed E-state index contributed by atoms with van der Waals surface area (Å²) in [6.45, 7) is 26.8. The number of nitrogens with zero attached hydrogens (tertiary/aromatic N) is 4. The zero-order chi connectivity index (χ0) is 44.9. The maximum atomic E-state index is 12.3. The van der Waals surface area contributed by atoms with E-state index in [1.165, 1.54) is 33.4 Å². The molecule has 0 atom stereocenters. The third-order valence-electron chi connectivity index (χ3n) is 9.90. The molecule has 6 rings (SSSR count). The standard InChI is InChI=1S/2C19H25N.C12H6F6N2.Ir/c2*1-18(2,3)15-9-7-14(8-10-15)17-13-16(11-12-20-17)19(4,5)6;13-11(14,15)7-1-3-9(19-5-7)10-4-2-8(6-20-10)12(16,17)18;/h2*9-13H,7H2,1-6H3;1-6H;/q3*-2;. The predicted molar refractivity (Wildman–Crippen MR) is 234 cm³/mol. The first kappa shape index (κ1) is 50.9. The van der Waals surface area contributed by atoms with Gasteiger partial charge in [0.2, 0.25) is 0 Å². The van der Waals surface area contributed by atoms with Gasteiger partial charge in [-0.2, -0.15) is 98.0 Å². The van der Waals surface area contributed by atoms with Gasteiger partial charge in [-0.3, -0.25) is 0 Å². The first-order valence-corrected chi connectivity index (χ1v) is 19.9. The van der Waals surface area contributed by atoms with Gasteiger partial charge in [-0.1, -0.05) is 142 Å². The smallest absolute Gasteiger partial charge is 0.414 e. The summed E-state index contributed by atoms with van der Waals surface area (Å²) >= 11 is 0. The van der Waals surface area contributed by atoms with Gasteiger partial charge in [0, 0.05) is 31.3 Å². The van der Waals surface area contributed by atoms with Gasteiger partial charge < -0.3 is 21.3 Å². The largest absolute Gasteiger partial charge is 0.721 e. The molecule has 0 fully saturated rings. The molecule has 6 aliphatic rings. The van der Waals surface area contributed by atoms with E-state index in [1.807, 2.05) is 12.4 Å². The minimum absolute atomic E-state index is 0. The molecule has 0 unspecified atom stereocenters. The van der Waals surface area contributed by atoms with Crippen molar-refractivity contribution in [3.8, 4) is 0 Å². The van der Waals surface area contributed by atoms with Crippen molar-refractivity contribution in [3.63, 3.8) is 0 Å². The zero-order valence-electron chi connectivity index (χ0n) is 37.0. The molecular weight excluding hydrogens is 963 g/mol. The summed E-state index contributed by atoms with van der Waals surface area (Å²) in [5.74, 6) is 0. The van der Waals surface area contributed by atoms with Crippen LogP contribution in [-0.2, 0) is 20.1 Å². The third kappa shape index (κ3) is 14.8. The van der Waals surface area contributed by atoms with Crippen molar-refractivity contribution >= 4 is 0 Å². The number of alkyl halides is 6. The minimum atomic E-state index is -4.51. The van der Waals surface area contributed by atoms with Crippen LogP contribution in [0.3, 0.4) is 0 Å². The summed E-state index contributed by atoms with van der Waals surface area (Å²) < 4.78 is 74.0. The Kier molecular flexibility index (Phi) is 16.4. The second-order valence-corrected chi connectivity index (χ2v) is 19.0. The average Bonchev–Trinajstić information content (AvgIpc) is 3.17. The Bertz CT molecular complexity index is 1980. The first-order chi connectivity index (χ1) is 27.5. The van der Waals surface area contributed by atoms with Crippen LogP contribution >= 0.6 is 0 Å². The number of halogens is 6. The van der Waals surface area contributed by atoms with Crippen molar-refractivity contribution < 1.29 is 46.4 Å². The van der Waals surface area contributed by atoms with Crippen LogP contribution in [0, 0.1) is 33.8 Å². The van der Waals surface area contributed by atoms with Crippen LogP contribution < -0.4 is 0 Å². The van der Waals surface area contributed by atoms with Gasteiger partial charge in [-0.05, 0) is 23.7 Å². The van der Waals surface area contributed by atoms with E-state index in [1.54, 1.807) is 0 Å². The van der Waals surface area contributed by atoms with Crippen LogP contribution in [0.5, 0.6) is 0 Å². The van der Waals surface area contributed by atoms with Crippen LogP contribution in [0.25, 0.3) is 21.3 Å². The summed E-state index contributed by atoms with van der Waals surface area (Å²) in [7, 11) is 0. The molecule has 4 aliphatic heterocycles. The molecule has 0 aromatic heterocycles. The van der Waals surface area contributed by atoms with Crippen molar-refractivity contribution in [2.24, 2.45) is 21.7 Å². The summed E-state index contributed by atoms with van der Waals surface area (Å²) in [4.78, 5) is 0. The number of hydrogen-bond acceptors (Lipinski definition) is 0. The number of rotatable bonds is 0. The Morgan fingerprint density at radius 1 is 0.410 bits per heavy atom. The van der Waals surface area contributed by atoms with Gasteiger partial charge in [0.15, 0.2) is 0 Å². The molecule has 11 heteroatoms. The monoisotopic (exact) mass is 1020 g/mol. The maximum Gasteiger partial charge on any atom is 0.414 e. The van der Waals surface area contributed by atoms with E-state index in [-0.39, 0.29) is 53.2 Å². The Morgan fingerprint density at radius 2 is 0.738 bits per heavy atom. The van der Waals surface area contributed by atoms with Gasteiger partial charge in [0.05, 0.1) is 0 Å². The van der Waals surface area contributed by atoms with E-state index >= 15 is 0 Å². The zero-order valence-corrected chi connectivity index (χ0v) is 39.4. The fourth-order valence-corrected chi connectivity index (χ4v) is 5.94. The van der Waals surface area contributed by atoms with E-state index in [9.17, 15) is 26.3 Å². The second kappa shape index (κ2) is 19.7. The fraction of sp³-hybridized carbons (Fsp3) is 0.400. The molecule has 4 heterocycles. The van der Waals surface area contributed by atoms with Crippen LogP contribution in [-0.4, -0.2) is 12.4 Å². The molecule has 0 saturated heterocycles. The molecule has 4 nitrogen and oxygen atoms in total. The van der Waals surface area contributed by atoms with Crippen molar-refractivity contribution in [2.75, 3.05) is 0 Å². The van der Waals surface area contributed by atoms with E-state index in [0.29, 0.717) is 12.4 Å². The number of allylic oxidation sites excluding steroid dienone is 22. The summed E-state index contributed by atoms with van der Waals surface area (Å²) in [5, 5.41) is 16.1. The average molecular weight is 1020 g/mol. The molecule has 0 saturated carbocycles. The van der Waals surface area contributed by atoms with Crippen molar-refractivity contribution in [1.82, 2.24) is 0 Å². The SMILES string of the molecule is CC(C)(C)C1=CCC(=C2C=C(C(C)(C)C)C=C[N-]2)[C-]=C1.CC(C)(C)C1=CCC(=C2C=C(C(C)(C)C)C=C[N-]2)[C-]=C1.FC(F)(F)C1=C[N-]C(=C2C=CC(C(F)(F)F)=C[N-]2)C=C1.[Ir]. The molecule has 0 spiro atoms. The quantitative estimate of drug-likeness (QED) is 0.172. The van der Waals surface area contributed by atoms with Crippen LogP contribution in [0.2, 0.25) is 0 Å². The molecule has 0 aromatic carbocycles. The normalized spacial score (nSPS) is 22.8. The molecule has 0 bridgehead atoms. The summed E-state index contributed by atoms with van der Waals surface area (Å²) in [6.07, 6.45) is 25.8. The van der Waals surface area contributed by atoms with E-state index < -0.39 is 23.5 Å². The summed E-state index contributed by atoms with van der Waals surface area (Å²) in [5.41, 5.74) is 8.78. The summed E-state index contributed by atoms with van der Waals surface area (Å²) in [6, 6.07) is 0. The molecule has 2 aliphatic carbocycles. The second-order valence-electron chi connectivity index (χ2n) is 19.0. The Morgan fingerprint density at radius 3 is 0.967 bits per heavy atom.